The van der Waals surface area contributed by atoms with Crippen molar-refractivity contribution in [2.45, 2.75) is 6.54 Å². The summed E-state index contributed by atoms with van der Waals surface area (Å²) < 4.78 is 0.974. The van der Waals surface area contributed by atoms with E-state index in [0.717, 1.165) is 10.0 Å². The molecule has 2 amide bonds. The number of nitrogens with one attached hydrogen (secondary N) is 2. The lowest BCUT2D eigenvalue weighted by atomic mass is 10.2. The molecule has 2 N–H and O–H groups in total. The van der Waals surface area contributed by atoms with E-state index in [1.165, 1.54) is 24.3 Å². The molecule has 108 valence electrons. The highest BCUT2D eigenvalue weighted by molar-refractivity contribution is 9.10. The number of amides is 2. The predicted octanol–water partition coefficient (Wildman–Crippen LogP) is 3.68. The average molecular weight is 350 g/mol. The van der Waals surface area contributed by atoms with Gasteiger partial charge in [0.2, 0.25) is 0 Å². The third-order valence-electron chi connectivity index (χ3n) is 2.70. The van der Waals surface area contributed by atoms with E-state index in [9.17, 15) is 14.9 Å². The number of carbonyl (C=O) groups is 1. The minimum Gasteiger partial charge on any atom is -0.334 e. The maximum Gasteiger partial charge on any atom is 0.319 e. The molecule has 0 aliphatic carbocycles. The van der Waals surface area contributed by atoms with Gasteiger partial charge < -0.3 is 10.6 Å². The summed E-state index contributed by atoms with van der Waals surface area (Å²) >= 11 is 3.34. The van der Waals surface area contributed by atoms with Gasteiger partial charge in [0.1, 0.15) is 0 Å². The van der Waals surface area contributed by atoms with Crippen LogP contribution in [0.15, 0.2) is 53.0 Å². The van der Waals surface area contributed by atoms with Crippen LogP contribution in [-0.4, -0.2) is 11.0 Å². The summed E-state index contributed by atoms with van der Waals surface area (Å²) in [4.78, 5) is 21.7. The lowest BCUT2D eigenvalue weighted by molar-refractivity contribution is -0.384. The molecule has 6 nitrogen and oxygen atoms in total. The van der Waals surface area contributed by atoms with Gasteiger partial charge in [-0.2, -0.15) is 0 Å². The normalized spacial score (nSPS) is 9.95. The van der Waals surface area contributed by atoms with Crippen LogP contribution < -0.4 is 10.6 Å². The topological polar surface area (TPSA) is 84.3 Å². The zero-order chi connectivity index (χ0) is 15.2. The van der Waals surface area contributed by atoms with Crippen molar-refractivity contribution in [3.05, 3.63) is 68.7 Å². The molecule has 2 rings (SSSR count). The molecule has 7 heteroatoms. The summed E-state index contributed by atoms with van der Waals surface area (Å²) in [6.07, 6.45) is 0. The summed E-state index contributed by atoms with van der Waals surface area (Å²) in [5.74, 6) is 0. The smallest absolute Gasteiger partial charge is 0.319 e. The lowest BCUT2D eigenvalue weighted by Gasteiger charge is -2.07. The highest BCUT2D eigenvalue weighted by Crippen LogP contribution is 2.15. The Morgan fingerprint density at radius 2 is 1.71 bits per heavy atom. The highest BCUT2D eigenvalue weighted by Gasteiger charge is 2.06. The Labute approximate surface area is 129 Å². The van der Waals surface area contributed by atoms with Crippen molar-refractivity contribution >= 4 is 33.3 Å². The van der Waals surface area contributed by atoms with Gasteiger partial charge in [-0.1, -0.05) is 28.1 Å². The van der Waals surface area contributed by atoms with Gasteiger partial charge in [0.25, 0.3) is 5.69 Å². The van der Waals surface area contributed by atoms with E-state index in [1.54, 1.807) is 0 Å². The fourth-order valence-corrected chi connectivity index (χ4v) is 1.89. The van der Waals surface area contributed by atoms with Crippen LogP contribution in [0.3, 0.4) is 0 Å². The van der Waals surface area contributed by atoms with Gasteiger partial charge in [0, 0.05) is 28.8 Å². The summed E-state index contributed by atoms with van der Waals surface area (Å²) in [6, 6.07) is 12.9. The van der Waals surface area contributed by atoms with E-state index in [0.29, 0.717) is 12.2 Å². The molecular formula is C14H12BrN3O3. The lowest BCUT2D eigenvalue weighted by Crippen LogP contribution is -2.28. The Kier molecular flexibility index (Phi) is 4.89. The number of nitro groups is 1. The largest absolute Gasteiger partial charge is 0.334 e. The van der Waals surface area contributed by atoms with Crippen molar-refractivity contribution < 1.29 is 9.72 Å². The van der Waals surface area contributed by atoms with Gasteiger partial charge in [0.15, 0.2) is 0 Å². The van der Waals surface area contributed by atoms with Crippen LogP contribution in [0.25, 0.3) is 0 Å². The zero-order valence-electron chi connectivity index (χ0n) is 10.9. The van der Waals surface area contributed by atoms with Gasteiger partial charge in [-0.25, -0.2) is 4.79 Å². The summed E-state index contributed by atoms with van der Waals surface area (Å²) in [5, 5.41) is 15.8. The number of rotatable bonds is 4. The van der Waals surface area contributed by atoms with E-state index in [4.69, 9.17) is 0 Å². The SMILES string of the molecule is O=C(NCc1ccc(Br)cc1)Nc1ccc([N+](=O)[O-])cc1. The zero-order valence-corrected chi connectivity index (χ0v) is 12.5. The van der Waals surface area contributed by atoms with Crippen molar-refractivity contribution in [1.29, 1.82) is 0 Å². The van der Waals surface area contributed by atoms with Gasteiger partial charge in [0.05, 0.1) is 4.92 Å². The Hall–Kier alpha value is -2.41. The molecule has 0 unspecified atom stereocenters. The van der Waals surface area contributed by atoms with E-state index < -0.39 is 4.92 Å². The standard InChI is InChI=1S/C14H12BrN3O3/c15-11-3-1-10(2-4-11)9-16-14(19)17-12-5-7-13(8-6-12)18(20)21/h1-8H,9H2,(H2,16,17,19). The maximum atomic E-state index is 11.7. The van der Waals surface area contributed by atoms with Crippen LogP contribution in [0.5, 0.6) is 0 Å². The molecule has 0 saturated heterocycles. The van der Waals surface area contributed by atoms with E-state index >= 15 is 0 Å². The molecule has 0 spiro atoms. The van der Waals surface area contributed by atoms with Gasteiger partial charge in [-0.05, 0) is 29.8 Å². The second-order valence-corrected chi connectivity index (χ2v) is 5.15. The first-order chi connectivity index (χ1) is 10.0. The molecule has 0 atom stereocenters. The molecule has 0 aromatic heterocycles. The Bertz CT molecular complexity index is 642. The fourth-order valence-electron chi connectivity index (χ4n) is 1.63. The summed E-state index contributed by atoms with van der Waals surface area (Å²) in [5.41, 5.74) is 1.45. The molecule has 0 radical (unpaired) electrons. The monoisotopic (exact) mass is 349 g/mol. The van der Waals surface area contributed by atoms with Crippen LogP contribution in [0.1, 0.15) is 5.56 Å². The minimum atomic E-state index is -0.489. The molecule has 21 heavy (non-hydrogen) atoms. The summed E-state index contributed by atoms with van der Waals surface area (Å²) in [6.45, 7) is 0.395. The average Bonchev–Trinajstić information content (AvgIpc) is 2.47. The highest BCUT2D eigenvalue weighted by atomic mass is 79.9. The number of urea groups is 1. The second kappa shape index (κ2) is 6.85. The van der Waals surface area contributed by atoms with Crippen LogP contribution in [0.4, 0.5) is 16.2 Å². The first-order valence-electron chi connectivity index (χ1n) is 6.08. The quantitative estimate of drug-likeness (QED) is 0.652. The first kappa shape index (κ1) is 15.0. The molecule has 0 saturated carbocycles. The first-order valence-corrected chi connectivity index (χ1v) is 6.87. The number of nitrogens with zero attached hydrogens (tertiary/aromatic N) is 1. The fraction of sp³-hybridized carbons (Fsp3) is 0.0714. The van der Waals surface area contributed by atoms with Crippen molar-refractivity contribution in [3.63, 3.8) is 0 Å². The predicted molar refractivity (Wildman–Crippen MR) is 83.1 cm³/mol. The van der Waals surface area contributed by atoms with E-state index in [-0.39, 0.29) is 11.7 Å². The number of halogens is 1. The van der Waals surface area contributed by atoms with Crippen molar-refractivity contribution in [2.24, 2.45) is 0 Å². The van der Waals surface area contributed by atoms with E-state index in [1.807, 2.05) is 24.3 Å². The third kappa shape index (κ3) is 4.57. The number of hydrogen-bond donors (Lipinski definition) is 2. The Balaban J connectivity index is 1.86. The van der Waals surface area contributed by atoms with E-state index in [2.05, 4.69) is 26.6 Å². The number of non-ortho nitro benzene ring substituents is 1. The molecule has 2 aromatic rings. The number of anilines is 1. The van der Waals surface area contributed by atoms with Gasteiger partial charge in [-0.3, -0.25) is 10.1 Å². The van der Waals surface area contributed by atoms with Crippen molar-refractivity contribution in [2.75, 3.05) is 5.32 Å². The number of carbonyl (C=O) groups excluding carboxylic acids is 1. The van der Waals surface area contributed by atoms with Crippen molar-refractivity contribution in [3.8, 4) is 0 Å². The van der Waals surface area contributed by atoms with Gasteiger partial charge in [-0.15, -0.1) is 0 Å². The molecule has 0 heterocycles. The number of nitro benzene ring substituents is 1. The maximum absolute atomic E-state index is 11.7. The molecule has 0 aliphatic rings. The van der Waals surface area contributed by atoms with Gasteiger partial charge >= 0.3 is 6.03 Å². The molecule has 0 bridgehead atoms. The Morgan fingerprint density at radius 1 is 1.10 bits per heavy atom. The molecule has 0 fully saturated rings. The molecule has 0 aliphatic heterocycles. The van der Waals surface area contributed by atoms with Crippen LogP contribution in [0.2, 0.25) is 0 Å². The van der Waals surface area contributed by atoms with Crippen molar-refractivity contribution in [1.82, 2.24) is 5.32 Å². The number of benzene rings is 2. The Morgan fingerprint density at radius 3 is 2.29 bits per heavy atom. The number of hydrogen-bond acceptors (Lipinski definition) is 3. The third-order valence-corrected chi connectivity index (χ3v) is 3.23. The molecule has 2 aromatic carbocycles. The second-order valence-electron chi connectivity index (χ2n) is 4.24. The molecular weight excluding hydrogens is 338 g/mol. The summed E-state index contributed by atoms with van der Waals surface area (Å²) in [7, 11) is 0. The van der Waals surface area contributed by atoms with Crippen LogP contribution in [-0.2, 0) is 6.54 Å². The van der Waals surface area contributed by atoms with Crippen LogP contribution >= 0.6 is 15.9 Å². The van der Waals surface area contributed by atoms with Crippen LogP contribution in [0, 0.1) is 10.1 Å². The minimum absolute atomic E-state index is 0.0178.